The third-order valence-corrected chi connectivity index (χ3v) is 4.46. The lowest BCUT2D eigenvalue weighted by Crippen LogP contribution is -2.57. The molecule has 1 aliphatic rings. The maximum atomic E-state index is 11.9. The largest absolute Gasteiger partial charge is 0.480 e. The number of carboxylic acid groups (broad SMARTS) is 1. The van der Waals surface area contributed by atoms with E-state index in [2.05, 4.69) is 5.32 Å². The summed E-state index contributed by atoms with van der Waals surface area (Å²) in [6.07, 6.45) is 0.912. The van der Waals surface area contributed by atoms with Crippen molar-refractivity contribution in [1.29, 1.82) is 0 Å². The summed E-state index contributed by atoms with van der Waals surface area (Å²) in [6.45, 7) is 0.210. The predicted molar refractivity (Wildman–Crippen MR) is 81.2 cm³/mol. The van der Waals surface area contributed by atoms with Gasteiger partial charge >= 0.3 is 5.97 Å². The van der Waals surface area contributed by atoms with Crippen LogP contribution in [0.1, 0.15) is 18.4 Å². The Morgan fingerprint density at radius 2 is 1.90 bits per heavy atom. The van der Waals surface area contributed by atoms with E-state index in [0.29, 0.717) is 19.4 Å². The summed E-state index contributed by atoms with van der Waals surface area (Å²) in [6, 6.07) is 9.54. The molecule has 21 heavy (non-hydrogen) atoms. The molecule has 0 aromatic heterocycles. The van der Waals surface area contributed by atoms with E-state index in [1.54, 1.807) is 11.8 Å². The van der Waals surface area contributed by atoms with Crippen LogP contribution >= 0.6 is 11.8 Å². The van der Waals surface area contributed by atoms with Crippen molar-refractivity contribution in [1.82, 2.24) is 5.32 Å². The van der Waals surface area contributed by atoms with Gasteiger partial charge in [0.1, 0.15) is 12.1 Å². The van der Waals surface area contributed by atoms with Crippen molar-refractivity contribution in [3.63, 3.8) is 0 Å². The molecule has 6 heteroatoms. The third kappa shape index (κ3) is 4.47. The van der Waals surface area contributed by atoms with Crippen molar-refractivity contribution in [3.05, 3.63) is 35.9 Å². The molecule has 1 aromatic rings. The molecular formula is C15H19NO4S. The lowest BCUT2D eigenvalue weighted by Gasteiger charge is -2.33. The Morgan fingerprint density at radius 1 is 1.24 bits per heavy atom. The molecule has 1 fully saturated rings. The zero-order chi connectivity index (χ0) is 15.1. The maximum Gasteiger partial charge on any atom is 0.329 e. The van der Waals surface area contributed by atoms with Gasteiger partial charge in [-0.3, -0.25) is 4.79 Å². The number of thioether (sulfide) groups is 1. The average molecular weight is 309 g/mol. The van der Waals surface area contributed by atoms with Crippen LogP contribution in [0, 0.1) is 0 Å². The molecular weight excluding hydrogens is 290 g/mol. The number of carboxylic acids is 1. The van der Waals surface area contributed by atoms with E-state index < -0.39 is 11.5 Å². The van der Waals surface area contributed by atoms with Gasteiger partial charge in [-0.1, -0.05) is 30.3 Å². The van der Waals surface area contributed by atoms with Crippen LogP contribution in [0.4, 0.5) is 0 Å². The fourth-order valence-electron chi connectivity index (χ4n) is 2.25. The Hall–Kier alpha value is -1.53. The molecule has 114 valence electrons. The second-order valence-electron chi connectivity index (χ2n) is 5.03. The molecule has 0 spiro atoms. The molecule has 0 aliphatic carbocycles. The topological polar surface area (TPSA) is 75.6 Å². The number of aliphatic carboxylic acids is 1. The van der Waals surface area contributed by atoms with Gasteiger partial charge in [-0.2, -0.15) is 11.8 Å². The van der Waals surface area contributed by atoms with E-state index in [1.807, 2.05) is 30.3 Å². The van der Waals surface area contributed by atoms with Crippen molar-refractivity contribution >= 4 is 23.6 Å². The standard InChI is InChI=1S/C15H19NO4S/c17-13(11-20-10-12-4-2-1-3-5-12)16-15(14(18)19)6-8-21-9-7-15/h1-5H,6-11H2,(H,16,17)(H,18,19). The fourth-order valence-corrected chi connectivity index (χ4v) is 3.44. The normalized spacial score (nSPS) is 17.1. The molecule has 1 aromatic carbocycles. The van der Waals surface area contributed by atoms with Crippen LogP contribution in [-0.4, -0.2) is 40.6 Å². The quantitative estimate of drug-likeness (QED) is 0.836. The van der Waals surface area contributed by atoms with Gasteiger partial charge in [0, 0.05) is 0 Å². The number of amides is 1. The van der Waals surface area contributed by atoms with Crippen molar-refractivity contribution in [2.75, 3.05) is 18.1 Å². The highest BCUT2D eigenvalue weighted by molar-refractivity contribution is 7.99. The molecule has 0 unspecified atom stereocenters. The van der Waals surface area contributed by atoms with Gasteiger partial charge in [-0.15, -0.1) is 0 Å². The smallest absolute Gasteiger partial charge is 0.329 e. The summed E-state index contributed by atoms with van der Waals surface area (Å²) in [5.74, 6) is 0.161. The highest BCUT2D eigenvalue weighted by Gasteiger charge is 2.41. The summed E-state index contributed by atoms with van der Waals surface area (Å²) in [5.41, 5.74) is -0.148. The Bertz CT molecular complexity index is 486. The highest BCUT2D eigenvalue weighted by Crippen LogP contribution is 2.27. The van der Waals surface area contributed by atoms with E-state index >= 15 is 0 Å². The Balaban J connectivity index is 1.81. The molecule has 0 radical (unpaired) electrons. The summed E-state index contributed by atoms with van der Waals surface area (Å²) in [7, 11) is 0. The maximum absolute atomic E-state index is 11.9. The molecule has 2 rings (SSSR count). The van der Waals surface area contributed by atoms with Crippen LogP contribution < -0.4 is 5.32 Å². The average Bonchev–Trinajstić information content (AvgIpc) is 2.49. The van der Waals surface area contributed by atoms with Crippen LogP contribution in [0.2, 0.25) is 0 Å². The number of nitrogens with one attached hydrogen (secondary N) is 1. The van der Waals surface area contributed by atoms with Crippen LogP contribution in [0.5, 0.6) is 0 Å². The molecule has 0 bridgehead atoms. The molecule has 1 heterocycles. The molecule has 2 N–H and O–H groups in total. The molecule has 5 nitrogen and oxygen atoms in total. The molecule has 1 saturated heterocycles. The molecule has 1 aliphatic heterocycles. The van der Waals surface area contributed by atoms with E-state index in [1.165, 1.54) is 0 Å². The van der Waals surface area contributed by atoms with Gasteiger partial charge in [0.2, 0.25) is 5.91 Å². The van der Waals surface area contributed by atoms with Crippen molar-refractivity contribution in [2.45, 2.75) is 25.0 Å². The van der Waals surface area contributed by atoms with Crippen LogP contribution in [0.25, 0.3) is 0 Å². The first-order valence-electron chi connectivity index (χ1n) is 6.86. The van der Waals surface area contributed by atoms with E-state index in [9.17, 15) is 14.7 Å². The lowest BCUT2D eigenvalue weighted by atomic mass is 9.92. The minimum Gasteiger partial charge on any atom is -0.480 e. The second-order valence-corrected chi connectivity index (χ2v) is 6.25. The van der Waals surface area contributed by atoms with Crippen LogP contribution in [0.3, 0.4) is 0 Å². The summed E-state index contributed by atoms with van der Waals surface area (Å²) in [4.78, 5) is 23.3. The van der Waals surface area contributed by atoms with Crippen molar-refractivity contribution < 1.29 is 19.4 Å². The Morgan fingerprint density at radius 3 is 2.52 bits per heavy atom. The molecule has 0 atom stereocenters. The van der Waals surface area contributed by atoms with E-state index in [0.717, 1.165) is 17.1 Å². The highest BCUT2D eigenvalue weighted by atomic mass is 32.2. The van der Waals surface area contributed by atoms with Crippen molar-refractivity contribution in [2.24, 2.45) is 0 Å². The van der Waals surface area contributed by atoms with Gasteiger partial charge in [-0.05, 0) is 29.9 Å². The van der Waals surface area contributed by atoms with Gasteiger partial charge in [-0.25, -0.2) is 4.79 Å². The van der Waals surface area contributed by atoms with E-state index in [-0.39, 0.29) is 12.5 Å². The Kier molecular flexibility index (Phi) is 5.64. The number of hydrogen-bond acceptors (Lipinski definition) is 4. The second kappa shape index (κ2) is 7.47. The van der Waals surface area contributed by atoms with Gasteiger partial charge in [0.05, 0.1) is 6.61 Å². The van der Waals surface area contributed by atoms with E-state index in [4.69, 9.17) is 4.74 Å². The number of hydrogen-bond donors (Lipinski definition) is 2. The third-order valence-electron chi connectivity index (χ3n) is 3.48. The number of ether oxygens (including phenoxy) is 1. The zero-order valence-electron chi connectivity index (χ0n) is 11.7. The monoisotopic (exact) mass is 309 g/mol. The minimum atomic E-state index is -1.13. The SMILES string of the molecule is O=C(COCc1ccccc1)NC1(C(=O)O)CCSCC1. The van der Waals surface area contributed by atoms with Gasteiger partial charge in [0.25, 0.3) is 0 Å². The zero-order valence-corrected chi connectivity index (χ0v) is 12.5. The molecule has 0 saturated carbocycles. The van der Waals surface area contributed by atoms with Crippen molar-refractivity contribution in [3.8, 4) is 0 Å². The lowest BCUT2D eigenvalue weighted by molar-refractivity contribution is -0.149. The summed E-state index contributed by atoms with van der Waals surface area (Å²) in [5, 5.41) is 12.0. The fraction of sp³-hybridized carbons (Fsp3) is 0.467. The summed E-state index contributed by atoms with van der Waals surface area (Å²) < 4.78 is 5.34. The predicted octanol–water partition coefficient (Wildman–Crippen LogP) is 1.67. The minimum absolute atomic E-state index is 0.128. The number of rotatable bonds is 6. The summed E-state index contributed by atoms with van der Waals surface area (Å²) >= 11 is 1.71. The first kappa shape index (κ1) is 15.9. The number of benzene rings is 1. The van der Waals surface area contributed by atoms with Crippen LogP contribution in [0.15, 0.2) is 30.3 Å². The van der Waals surface area contributed by atoms with Gasteiger partial charge in [0.15, 0.2) is 0 Å². The van der Waals surface area contributed by atoms with Gasteiger partial charge < -0.3 is 15.2 Å². The Labute approximate surface area is 128 Å². The first-order chi connectivity index (χ1) is 10.1. The van der Waals surface area contributed by atoms with Crippen LogP contribution in [-0.2, 0) is 20.9 Å². The number of carbonyl (C=O) groups is 2. The first-order valence-corrected chi connectivity index (χ1v) is 8.02. The molecule has 1 amide bonds. The number of carbonyl (C=O) groups excluding carboxylic acids is 1.